The highest BCUT2D eigenvalue weighted by Crippen LogP contribution is 2.43. The van der Waals surface area contributed by atoms with Gasteiger partial charge < -0.3 is 14.5 Å². The van der Waals surface area contributed by atoms with Crippen LogP contribution in [0, 0.1) is 11.2 Å². The highest BCUT2D eigenvalue weighted by Gasteiger charge is 2.54. The number of carbonyl (C=O) groups excluding carboxylic acids is 1. The molecule has 1 spiro atoms. The molecule has 0 bridgehead atoms. The Labute approximate surface area is 155 Å². The van der Waals surface area contributed by atoms with Gasteiger partial charge in [-0.2, -0.15) is 0 Å². The lowest BCUT2D eigenvalue weighted by molar-refractivity contribution is -0.0454. The molecule has 0 aliphatic carbocycles. The topological polar surface area (TPSA) is 71.5 Å². The summed E-state index contributed by atoms with van der Waals surface area (Å²) in [6.45, 7) is 8.34. The van der Waals surface area contributed by atoms with Crippen LogP contribution in [-0.2, 0) is 4.74 Å². The summed E-state index contributed by atoms with van der Waals surface area (Å²) in [5.41, 5.74) is -0.282. The first-order chi connectivity index (χ1) is 12.2. The molecule has 2 aromatic rings. The molecule has 0 N–H and O–H groups in total. The third-order valence-electron chi connectivity index (χ3n) is 4.62. The number of hydrogen-bond donors (Lipinski definition) is 0. The summed E-state index contributed by atoms with van der Waals surface area (Å²) in [5.74, 6) is 0.00204. The highest BCUT2D eigenvalue weighted by molar-refractivity contribution is 6.30. The van der Waals surface area contributed by atoms with E-state index in [9.17, 15) is 9.18 Å². The average molecular weight is 380 g/mol. The fourth-order valence-corrected chi connectivity index (χ4v) is 3.68. The quantitative estimate of drug-likeness (QED) is 0.709. The van der Waals surface area contributed by atoms with Gasteiger partial charge in [0.05, 0.1) is 5.39 Å². The summed E-state index contributed by atoms with van der Waals surface area (Å²) >= 11 is 5.73. The molecular formula is C17H19ClFN5O2. The number of ether oxygens (including phenoxy) is 1. The second kappa shape index (κ2) is 5.64. The van der Waals surface area contributed by atoms with Gasteiger partial charge in [0.15, 0.2) is 11.0 Å². The zero-order chi connectivity index (χ0) is 18.7. The van der Waals surface area contributed by atoms with Gasteiger partial charge in [0.1, 0.15) is 23.3 Å². The predicted molar refractivity (Wildman–Crippen MR) is 94.8 cm³/mol. The minimum absolute atomic E-state index is 0.0482. The van der Waals surface area contributed by atoms with Crippen LogP contribution in [0.5, 0.6) is 0 Å². The van der Waals surface area contributed by atoms with E-state index in [1.165, 1.54) is 12.5 Å². The number of rotatable bonds is 1. The molecule has 0 aromatic carbocycles. The number of hydrogen-bond acceptors (Lipinski definition) is 6. The van der Waals surface area contributed by atoms with Crippen LogP contribution in [0.15, 0.2) is 12.5 Å². The normalized spacial score (nSPS) is 18.7. The Hall–Kier alpha value is -2.22. The third-order valence-corrected chi connectivity index (χ3v) is 4.88. The molecule has 1 amide bonds. The van der Waals surface area contributed by atoms with Gasteiger partial charge >= 0.3 is 6.09 Å². The monoisotopic (exact) mass is 379 g/mol. The Morgan fingerprint density at radius 3 is 2.58 bits per heavy atom. The Morgan fingerprint density at radius 1 is 1.23 bits per heavy atom. The third kappa shape index (κ3) is 2.82. The molecule has 26 heavy (non-hydrogen) atoms. The lowest BCUT2D eigenvalue weighted by atomic mass is 9.73. The van der Waals surface area contributed by atoms with Crippen molar-refractivity contribution in [3.05, 3.63) is 23.5 Å². The first-order valence-corrected chi connectivity index (χ1v) is 8.73. The number of amides is 1. The van der Waals surface area contributed by atoms with Crippen LogP contribution in [0.2, 0.25) is 5.15 Å². The van der Waals surface area contributed by atoms with E-state index in [0.717, 1.165) is 13.1 Å². The van der Waals surface area contributed by atoms with Gasteiger partial charge in [-0.15, -0.1) is 0 Å². The summed E-state index contributed by atoms with van der Waals surface area (Å²) < 4.78 is 19.5. The Kier molecular flexibility index (Phi) is 3.73. The van der Waals surface area contributed by atoms with E-state index in [1.807, 2.05) is 25.7 Å². The molecule has 0 unspecified atom stereocenters. The molecule has 2 aromatic heterocycles. The van der Waals surface area contributed by atoms with E-state index in [-0.39, 0.29) is 22.2 Å². The molecule has 2 aliphatic heterocycles. The van der Waals surface area contributed by atoms with E-state index in [4.69, 9.17) is 16.3 Å². The molecular weight excluding hydrogens is 361 g/mol. The van der Waals surface area contributed by atoms with Gasteiger partial charge in [0.25, 0.3) is 0 Å². The zero-order valence-electron chi connectivity index (χ0n) is 14.8. The summed E-state index contributed by atoms with van der Waals surface area (Å²) in [7, 11) is 0. The maximum Gasteiger partial charge on any atom is 0.410 e. The van der Waals surface area contributed by atoms with Crippen molar-refractivity contribution < 1.29 is 13.9 Å². The van der Waals surface area contributed by atoms with Gasteiger partial charge in [0.2, 0.25) is 0 Å². The van der Waals surface area contributed by atoms with Crippen LogP contribution >= 0.6 is 11.6 Å². The summed E-state index contributed by atoms with van der Waals surface area (Å²) in [5, 5.41) is 0.335. The van der Waals surface area contributed by atoms with Crippen molar-refractivity contribution in [2.75, 3.05) is 31.1 Å². The molecule has 2 fully saturated rings. The minimum Gasteiger partial charge on any atom is -0.444 e. The van der Waals surface area contributed by atoms with Crippen molar-refractivity contribution in [1.29, 1.82) is 0 Å². The van der Waals surface area contributed by atoms with Crippen LogP contribution in [-0.4, -0.2) is 57.7 Å². The van der Waals surface area contributed by atoms with Crippen molar-refractivity contribution >= 4 is 34.4 Å². The first-order valence-electron chi connectivity index (χ1n) is 8.35. The average Bonchev–Trinajstić information content (AvgIpc) is 2.46. The SMILES string of the molecule is CC(C)(C)OC(=O)N1CC2(C1)CN(c1ncnc3c(F)c(Cl)ncc13)C2. The molecule has 0 atom stereocenters. The Bertz CT molecular complexity index is 887. The van der Waals surface area contributed by atoms with Crippen LogP contribution in [0.25, 0.3) is 10.9 Å². The number of likely N-dealkylation sites (tertiary alicyclic amines) is 1. The van der Waals surface area contributed by atoms with E-state index in [0.29, 0.717) is 24.3 Å². The Balaban J connectivity index is 1.45. The molecule has 0 saturated carbocycles. The van der Waals surface area contributed by atoms with E-state index < -0.39 is 11.4 Å². The van der Waals surface area contributed by atoms with Crippen molar-refractivity contribution in [1.82, 2.24) is 19.9 Å². The maximum absolute atomic E-state index is 14.1. The number of pyridine rings is 1. The zero-order valence-corrected chi connectivity index (χ0v) is 15.5. The summed E-state index contributed by atoms with van der Waals surface area (Å²) in [4.78, 5) is 28.0. The van der Waals surface area contributed by atoms with Crippen molar-refractivity contribution in [3.63, 3.8) is 0 Å². The number of aromatic nitrogens is 3. The predicted octanol–water partition coefficient (Wildman–Crippen LogP) is 2.87. The molecule has 4 heterocycles. The van der Waals surface area contributed by atoms with E-state index >= 15 is 0 Å². The van der Waals surface area contributed by atoms with E-state index in [1.54, 1.807) is 4.90 Å². The van der Waals surface area contributed by atoms with Gasteiger partial charge in [-0.05, 0) is 20.8 Å². The smallest absolute Gasteiger partial charge is 0.410 e. The van der Waals surface area contributed by atoms with Crippen LogP contribution in [0.4, 0.5) is 15.0 Å². The number of anilines is 1. The largest absolute Gasteiger partial charge is 0.444 e. The van der Waals surface area contributed by atoms with Crippen molar-refractivity contribution in [2.45, 2.75) is 26.4 Å². The van der Waals surface area contributed by atoms with Crippen molar-refractivity contribution in [2.24, 2.45) is 5.41 Å². The fourth-order valence-electron chi connectivity index (χ4n) is 3.54. The van der Waals surface area contributed by atoms with Gasteiger partial charge in [-0.3, -0.25) is 0 Å². The molecule has 4 rings (SSSR count). The van der Waals surface area contributed by atoms with Gasteiger partial charge in [-0.1, -0.05) is 11.6 Å². The van der Waals surface area contributed by atoms with Crippen LogP contribution in [0.3, 0.4) is 0 Å². The first kappa shape index (κ1) is 17.2. The molecule has 2 aliphatic rings. The molecule has 7 nitrogen and oxygen atoms in total. The molecule has 138 valence electrons. The standard InChI is InChI=1S/C17H19ClFN5O2/c1-16(2,3)26-15(25)24-7-17(8-24)5-23(6-17)14-10-4-20-13(18)11(19)12(10)21-9-22-14/h4,9H,5-8H2,1-3H3. The summed E-state index contributed by atoms with van der Waals surface area (Å²) in [6.07, 6.45) is 2.54. The molecule has 9 heteroatoms. The maximum atomic E-state index is 14.1. The number of nitrogens with zero attached hydrogens (tertiary/aromatic N) is 5. The minimum atomic E-state index is -0.636. The number of halogens is 2. The Morgan fingerprint density at radius 2 is 1.92 bits per heavy atom. The fraction of sp³-hybridized carbons (Fsp3) is 0.529. The van der Waals surface area contributed by atoms with Gasteiger partial charge in [0, 0.05) is 37.8 Å². The van der Waals surface area contributed by atoms with Crippen molar-refractivity contribution in [3.8, 4) is 0 Å². The highest BCUT2D eigenvalue weighted by atomic mass is 35.5. The number of carbonyl (C=O) groups is 1. The second-order valence-corrected chi connectivity index (χ2v) is 8.37. The van der Waals surface area contributed by atoms with E-state index in [2.05, 4.69) is 15.0 Å². The second-order valence-electron chi connectivity index (χ2n) is 8.02. The lowest BCUT2D eigenvalue weighted by Gasteiger charge is -2.60. The van der Waals surface area contributed by atoms with Crippen LogP contribution < -0.4 is 4.90 Å². The summed E-state index contributed by atoms with van der Waals surface area (Å²) in [6, 6.07) is 0. The number of fused-ring (bicyclic) bond motifs is 1. The van der Waals surface area contributed by atoms with Gasteiger partial charge in [-0.25, -0.2) is 24.1 Å². The molecule has 2 saturated heterocycles. The lowest BCUT2D eigenvalue weighted by Crippen LogP contribution is -2.73. The molecule has 0 radical (unpaired) electrons. The van der Waals surface area contributed by atoms with Crippen LogP contribution in [0.1, 0.15) is 20.8 Å².